The zero-order chi connectivity index (χ0) is 19.7. The highest BCUT2D eigenvalue weighted by atomic mass is 35.5. The predicted octanol–water partition coefficient (Wildman–Crippen LogP) is 3.09. The summed E-state index contributed by atoms with van der Waals surface area (Å²) in [5.41, 5.74) is 6.25. The number of fused-ring (bicyclic) bond motifs is 1. The number of amides is 2. The van der Waals surface area contributed by atoms with E-state index in [0.717, 1.165) is 0 Å². The number of pyridine rings is 1. The zero-order valence-electron chi connectivity index (χ0n) is 15.3. The molecule has 1 aliphatic rings. The Balaban J connectivity index is 1.95. The van der Waals surface area contributed by atoms with Gasteiger partial charge in [-0.15, -0.1) is 0 Å². The molecule has 2 unspecified atom stereocenters. The van der Waals surface area contributed by atoms with Gasteiger partial charge < -0.3 is 15.8 Å². The number of nitrogens with one attached hydrogen (secondary N) is 1. The second-order valence-electron chi connectivity index (χ2n) is 6.69. The molecular formula is C19H21ClN4O3. The van der Waals surface area contributed by atoms with E-state index in [-0.39, 0.29) is 23.5 Å². The Hall–Kier alpha value is -2.80. The summed E-state index contributed by atoms with van der Waals surface area (Å²) in [7, 11) is 0. The third kappa shape index (κ3) is 3.68. The molecule has 0 aliphatic carbocycles. The minimum Gasteiger partial charge on any atom is -0.476 e. The third-order valence-corrected chi connectivity index (χ3v) is 4.66. The zero-order valence-corrected chi connectivity index (χ0v) is 16.0. The van der Waals surface area contributed by atoms with E-state index in [1.807, 2.05) is 13.8 Å². The highest BCUT2D eigenvalue weighted by molar-refractivity contribution is 6.33. The summed E-state index contributed by atoms with van der Waals surface area (Å²) >= 11 is 6.11. The smallest absolute Gasteiger partial charge is 0.270 e. The van der Waals surface area contributed by atoms with Gasteiger partial charge in [0.15, 0.2) is 17.7 Å². The number of para-hydroxylation sites is 1. The normalized spacial score (nSPS) is 17.3. The molecular weight excluding hydrogens is 368 g/mol. The van der Waals surface area contributed by atoms with Crippen LogP contribution in [-0.2, 0) is 9.59 Å². The van der Waals surface area contributed by atoms with Crippen LogP contribution in [0.4, 0.5) is 17.3 Å². The standard InChI is InChI=1S/C19H21ClN4O3/c1-10(2)16-19(26)24(17-14(27-16)8-9-15(21)23-17)11(3)18(25)22-13-7-5-4-6-12(13)20/h4-11,16H,1-3H3,(H2,21,23)(H,22,25). The quantitative estimate of drug-likeness (QED) is 0.838. The van der Waals surface area contributed by atoms with Gasteiger partial charge >= 0.3 is 0 Å². The Morgan fingerprint density at radius 2 is 1.96 bits per heavy atom. The summed E-state index contributed by atoms with van der Waals surface area (Å²) in [4.78, 5) is 31.4. The van der Waals surface area contributed by atoms with Crippen LogP contribution in [-0.4, -0.2) is 28.9 Å². The van der Waals surface area contributed by atoms with Crippen molar-refractivity contribution in [3.8, 4) is 5.75 Å². The van der Waals surface area contributed by atoms with Gasteiger partial charge in [-0.2, -0.15) is 0 Å². The molecule has 0 fully saturated rings. The van der Waals surface area contributed by atoms with Crippen LogP contribution in [0, 0.1) is 5.92 Å². The van der Waals surface area contributed by atoms with Crippen LogP contribution < -0.4 is 20.7 Å². The van der Waals surface area contributed by atoms with Gasteiger partial charge in [-0.3, -0.25) is 14.5 Å². The number of nitrogens with zero attached hydrogens (tertiary/aromatic N) is 2. The molecule has 1 aromatic heterocycles. The third-order valence-electron chi connectivity index (χ3n) is 4.33. The van der Waals surface area contributed by atoms with Crippen molar-refractivity contribution in [2.75, 3.05) is 16.0 Å². The van der Waals surface area contributed by atoms with Crippen molar-refractivity contribution in [3.05, 3.63) is 41.4 Å². The largest absolute Gasteiger partial charge is 0.476 e. The molecule has 2 amide bonds. The number of hydrogen-bond acceptors (Lipinski definition) is 5. The molecule has 2 atom stereocenters. The average molecular weight is 389 g/mol. The van der Waals surface area contributed by atoms with Crippen molar-refractivity contribution >= 4 is 40.7 Å². The number of anilines is 3. The molecule has 1 aliphatic heterocycles. The molecule has 0 spiro atoms. The van der Waals surface area contributed by atoms with E-state index in [9.17, 15) is 9.59 Å². The van der Waals surface area contributed by atoms with Gasteiger partial charge in [0.25, 0.3) is 5.91 Å². The number of halogens is 1. The highest BCUT2D eigenvalue weighted by Gasteiger charge is 2.41. The van der Waals surface area contributed by atoms with Gasteiger partial charge in [0.2, 0.25) is 5.91 Å². The Kier molecular flexibility index (Phi) is 5.23. The number of carbonyl (C=O) groups excluding carboxylic acids is 2. The van der Waals surface area contributed by atoms with E-state index in [1.54, 1.807) is 43.3 Å². The van der Waals surface area contributed by atoms with E-state index in [1.165, 1.54) is 4.90 Å². The van der Waals surface area contributed by atoms with Gasteiger partial charge in [0, 0.05) is 0 Å². The van der Waals surface area contributed by atoms with E-state index < -0.39 is 18.1 Å². The van der Waals surface area contributed by atoms with Crippen molar-refractivity contribution in [1.82, 2.24) is 4.98 Å². The summed E-state index contributed by atoms with van der Waals surface area (Å²) in [5, 5.41) is 3.16. The summed E-state index contributed by atoms with van der Waals surface area (Å²) < 4.78 is 5.80. The molecule has 0 bridgehead atoms. The molecule has 7 nitrogen and oxygen atoms in total. The lowest BCUT2D eigenvalue weighted by atomic mass is 10.0. The molecule has 0 radical (unpaired) electrons. The Labute approximate surface area is 162 Å². The van der Waals surface area contributed by atoms with Gasteiger partial charge in [0.05, 0.1) is 10.7 Å². The first-order valence-corrected chi connectivity index (χ1v) is 8.99. The van der Waals surface area contributed by atoms with Crippen LogP contribution in [0.15, 0.2) is 36.4 Å². The number of carbonyl (C=O) groups is 2. The number of nitrogen functional groups attached to an aromatic ring is 1. The molecule has 142 valence electrons. The van der Waals surface area contributed by atoms with E-state index in [2.05, 4.69) is 10.3 Å². The molecule has 0 saturated carbocycles. The Morgan fingerprint density at radius 1 is 1.26 bits per heavy atom. The molecule has 0 saturated heterocycles. The van der Waals surface area contributed by atoms with Crippen molar-refractivity contribution in [2.45, 2.75) is 32.9 Å². The first-order valence-electron chi connectivity index (χ1n) is 8.61. The summed E-state index contributed by atoms with van der Waals surface area (Å²) in [6.45, 7) is 5.39. The van der Waals surface area contributed by atoms with Gasteiger partial charge in [-0.1, -0.05) is 37.6 Å². The SMILES string of the molecule is CC(C)C1Oc2ccc(N)nc2N(C(C)C(=O)Nc2ccccc2Cl)C1=O. The molecule has 3 rings (SSSR count). The number of hydrogen-bond donors (Lipinski definition) is 2. The Bertz CT molecular complexity index is 887. The minimum atomic E-state index is -0.841. The lowest BCUT2D eigenvalue weighted by molar-refractivity contribution is -0.130. The van der Waals surface area contributed by atoms with Gasteiger partial charge in [0.1, 0.15) is 11.9 Å². The number of aromatic nitrogens is 1. The van der Waals surface area contributed by atoms with Crippen molar-refractivity contribution in [1.29, 1.82) is 0 Å². The molecule has 3 N–H and O–H groups in total. The first-order chi connectivity index (χ1) is 12.8. The first kappa shape index (κ1) is 19.0. The number of ether oxygens (including phenoxy) is 1. The summed E-state index contributed by atoms with van der Waals surface area (Å²) in [5.74, 6) is 0.0773. The maximum absolute atomic E-state index is 13.0. The van der Waals surface area contributed by atoms with Gasteiger partial charge in [-0.05, 0) is 37.1 Å². The van der Waals surface area contributed by atoms with E-state index in [0.29, 0.717) is 16.5 Å². The van der Waals surface area contributed by atoms with Crippen LogP contribution in [0.25, 0.3) is 0 Å². The lowest BCUT2D eigenvalue weighted by Gasteiger charge is -2.37. The maximum Gasteiger partial charge on any atom is 0.270 e. The van der Waals surface area contributed by atoms with E-state index >= 15 is 0 Å². The Morgan fingerprint density at radius 3 is 2.63 bits per heavy atom. The summed E-state index contributed by atoms with van der Waals surface area (Å²) in [6, 6.07) is 9.31. The fourth-order valence-corrected chi connectivity index (χ4v) is 3.04. The number of nitrogens with two attached hydrogens (primary N) is 1. The molecule has 2 heterocycles. The van der Waals surface area contributed by atoms with Crippen LogP contribution in [0.5, 0.6) is 5.75 Å². The van der Waals surface area contributed by atoms with Crippen LogP contribution in [0.1, 0.15) is 20.8 Å². The van der Waals surface area contributed by atoms with Crippen molar-refractivity contribution < 1.29 is 14.3 Å². The topological polar surface area (TPSA) is 97.6 Å². The van der Waals surface area contributed by atoms with Crippen LogP contribution >= 0.6 is 11.6 Å². The highest BCUT2D eigenvalue weighted by Crippen LogP contribution is 2.36. The van der Waals surface area contributed by atoms with Crippen molar-refractivity contribution in [2.24, 2.45) is 5.92 Å². The fraction of sp³-hybridized carbons (Fsp3) is 0.316. The molecule has 27 heavy (non-hydrogen) atoms. The summed E-state index contributed by atoms with van der Waals surface area (Å²) in [6.07, 6.45) is -0.710. The van der Waals surface area contributed by atoms with E-state index in [4.69, 9.17) is 22.1 Å². The number of benzene rings is 1. The lowest BCUT2D eigenvalue weighted by Crippen LogP contribution is -2.55. The predicted molar refractivity (Wildman–Crippen MR) is 105 cm³/mol. The fourth-order valence-electron chi connectivity index (χ4n) is 2.86. The molecule has 8 heteroatoms. The van der Waals surface area contributed by atoms with Gasteiger partial charge in [-0.25, -0.2) is 4.98 Å². The minimum absolute atomic E-state index is 0.0791. The second kappa shape index (κ2) is 7.44. The van der Waals surface area contributed by atoms with Crippen molar-refractivity contribution in [3.63, 3.8) is 0 Å². The molecule has 2 aromatic rings. The van der Waals surface area contributed by atoms with Crippen LogP contribution in [0.3, 0.4) is 0 Å². The number of rotatable bonds is 4. The molecule has 1 aromatic carbocycles. The monoisotopic (exact) mass is 388 g/mol. The van der Waals surface area contributed by atoms with Crippen LogP contribution in [0.2, 0.25) is 5.02 Å². The maximum atomic E-state index is 13.0. The second-order valence-corrected chi connectivity index (χ2v) is 7.10. The average Bonchev–Trinajstić information content (AvgIpc) is 2.62.